The van der Waals surface area contributed by atoms with Gasteiger partial charge in [0.05, 0.1) is 18.8 Å². The van der Waals surface area contributed by atoms with Gasteiger partial charge in [-0.2, -0.15) is 0 Å². The molecule has 2 rings (SSSR count). The second kappa shape index (κ2) is 37.4. The van der Waals surface area contributed by atoms with Crippen molar-refractivity contribution in [2.24, 2.45) is 0 Å². The normalized spacial score (nSPS) is 24.8. The SMILES string of the molecule is CCCCC/C=C\C/C=C\CCCCCCCCCCCC(=O)OC[C@H](COP(=O)(O)OC1[C@H](O)[C@H](O)C(O)[C@H](O)[C@H]1O)OC(=O)CCC/C=C\C/C=C\C/C=C\CC1OC1CCCCC. The van der Waals surface area contributed by atoms with E-state index >= 15 is 0 Å². The van der Waals surface area contributed by atoms with Crippen molar-refractivity contribution in [2.45, 2.75) is 236 Å². The van der Waals surface area contributed by atoms with Crippen LogP contribution in [0.2, 0.25) is 0 Å². The molecule has 6 N–H and O–H groups in total. The number of phosphoric ester groups is 1. The Kier molecular flexibility index (Phi) is 33.8. The number of hydrogen-bond donors (Lipinski definition) is 6. The Labute approximate surface area is 396 Å². The minimum absolute atomic E-state index is 0.0140. The molecule has 66 heavy (non-hydrogen) atoms. The Morgan fingerprint density at radius 3 is 1.61 bits per heavy atom. The van der Waals surface area contributed by atoms with E-state index in [0.717, 1.165) is 64.2 Å². The summed E-state index contributed by atoms with van der Waals surface area (Å²) in [5.74, 6) is -1.18. The van der Waals surface area contributed by atoms with Crippen LogP contribution < -0.4 is 0 Å². The molecule has 0 aromatic rings. The third-order valence-corrected chi connectivity index (χ3v) is 12.7. The number of unbranched alkanes of at least 4 members (excludes halogenated alkanes) is 15. The van der Waals surface area contributed by atoms with Crippen molar-refractivity contribution in [1.82, 2.24) is 0 Å². The molecule has 1 heterocycles. The van der Waals surface area contributed by atoms with Crippen molar-refractivity contribution in [3.05, 3.63) is 60.8 Å². The van der Waals surface area contributed by atoms with Crippen molar-refractivity contribution in [3.63, 3.8) is 0 Å². The minimum atomic E-state index is -5.14. The second-order valence-corrected chi connectivity index (χ2v) is 19.1. The van der Waals surface area contributed by atoms with Crippen LogP contribution in [0.1, 0.15) is 181 Å². The lowest BCUT2D eigenvalue weighted by Crippen LogP contribution is -2.64. The Balaban J connectivity index is 1.69. The van der Waals surface area contributed by atoms with Crippen LogP contribution in [-0.4, -0.2) is 111 Å². The summed E-state index contributed by atoms with van der Waals surface area (Å²) in [6.07, 6.45) is 34.4. The van der Waals surface area contributed by atoms with Crippen LogP contribution in [0.15, 0.2) is 60.8 Å². The maximum Gasteiger partial charge on any atom is 0.472 e. The third kappa shape index (κ3) is 28.7. The van der Waals surface area contributed by atoms with Crippen LogP contribution in [0.5, 0.6) is 0 Å². The maximum atomic E-state index is 12.8. The van der Waals surface area contributed by atoms with Crippen molar-refractivity contribution >= 4 is 19.8 Å². The van der Waals surface area contributed by atoms with E-state index in [1.165, 1.54) is 70.6 Å². The first kappa shape index (κ1) is 59.6. The molecule has 0 aromatic carbocycles. The lowest BCUT2D eigenvalue weighted by atomic mass is 9.85. The molecule has 10 atom stereocenters. The van der Waals surface area contributed by atoms with Gasteiger partial charge < -0.3 is 44.6 Å². The van der Waals surface area contributed by atoms with Crippen molar-refractivity contribution in [2.75, 3.05) is 13.2 Å². The number of carbonyl (C=O) groups is 2. The smallest absolute Gasteiger partial charge is 0.462 e. The molecule has 0 aromatic heterocycles. The third-order valence-electron chi connectivity index (χ3n) is 11.8. The summed E-state index contributed by atoms with van der Waals surface area (Å²) in [6.45, 7) is 3.20. The molecule has 1 saturated carbocycles. The van der Waals surface area contributed by atoms with Crippen molar-refractivity contribution < 1.29 is 67.8 Å². The van der Waals surface area contributed by atoms with Gasteiger partial charge in [0.1, 0.15) is 43.2 Å². The van der Waals surface area contributed by atoms with Crippen LogP contribution in [0, 0.1) is 0 Å². The van der Waals surface area contributed by atoms with E-state index in [4.69, 9.17) is 23.3 Å². The molecule has 0 radical (unpaired) electrons. The average molecular weight is 955 g/mol. The molecule has 15 heteroatoms. The number of allylic oxidation sites excluding steroid dienone is 9. The maximum absolute atomic E-state index is 12.8. The summed E-state index contributed by atoms with van der Waals surface area (Å²) in [7, 11) is -5.14. The zero-order chi connectivity index (χ0) is 48.3. The van der Waals surface area contributed by atoms with Crippen LogP contribution in [0.3, 0.4) is 0 Å². The van der Waals surface area contributed by atoms with E-state index in [-0.39, 0.29) is 12.8 Å². The first-order valence-corrected chi connectivity index (χ1v) is 26.7. The summed E-state index contributed by atoms with van der Waals surface area (Å²) in [6, 6.07) is 0. The summed E-state index contributed by atoms with van der Waals surface area (Å²) < 4.78 is 39.3. The lowest BCUT2D eigenvalue weighted by Gasteiger charge is -2.41. The van der Waals surface area contributed by atoms with Gasteiger partial charge in [-0.15, -0.1) is 0 Å². The largest absolute Gasteiger partial charge is 0.472 e. The monoisotopic (exact) mass is 955 g/mol. The fourth-order valence-electron chi connectivity index (χ4n) is 7.58. The average Bonchev–Trinajstić information content (AvgIpc) is 4.06. The van der Waals surface area contributed by atoms with E-state index in [2.05, 4.69) is 62.5 Å². The number of aliphatic hydroxyl groups excluding tert-OH is 5. The number of hydrogen-bond acceptors (Lipinski definition) is 13. The first-order chi connectivity index (χ1) is 31.9. The number of carbonyl (C=O) groups excluding carboxylic acids is 2. The molecular formula is C51H87O14P. The van der Waals surface area contributed by atoms with Gasteiger partial charge in [0.25, 0.3) is 0 Å². The zero-order valence-corrected chi connectivity index (χ0v) is 41.1. The van der Waals surface area contributed by atoms with Crippen molar-refractivity contribution in [3.8, 4) is 0 Å². The van der Waals surface area contributed by atoms with Gasteiger partial charge in [0.15, 0.2) is 6.10 Å². The van der Waals surface area contributed by atoms with E-state index in [0.29, 0.717) is 31.5 Å². The highest BCUT2D eigenvalue weighted by atomic mass is 31.2. The number of epoxide rings is 1. The van der Waals surface area contributed by atoms with Crippen LogP contribution in [0.4, 0.5) is 0 Å². The quantitative estimate of drug-likeness (QED) is 0.0111. The molecule has 2 aliphatic rings. The molecule has 14 nitrogen and oxygen atoms in total. The number of phosphoric acid groups is 1. The van der Waals surface area contributed by atoms with Crippen LogP contribution in [-0.2, 0) is 37.4 Å². The zero-order valence-electron chi connectivity index (χ0n) is 40.2. The molecule has 0 amide bonds. The Bertz CT molecular complexity index is 1450. The van der Waals surface area contributed by atoms with Gasteiger partial charge in [-0.25, -0.2) is 4.57 Å². The molecule has 5 unspecified atom stereocenters. The second-order valence-electron chi connectivity index (χ2n) is 17.7. The van der Waals surface area contributed by atoms with Gasteiger partial charge in [0.2, 0.25) is 0 Å². The molecular weight excluding hydrogens is 868 g/mol. The lowest BCUT2D eigenvalue weighted by molar-refractivity contribution is -0.220. The number of aliphatic hydroxyl groups is 5. The van der Waals surface area contributed by atoms with Gasteiger partial charge in [-0.3, -0.25) is 18.6 Å². The summed E-state index contributed by atoms with van der Waals surface area (Å²) >= 11 is 0. The van der Waals surface area contributed by atoms with Gasteiger partial charge >= 0.3 is 19.8 Å². The Hall–Kier alpha value is -2.49. The molecule has 1 aliphatic carbocycles. The van der Waals surface area contributed by atoms with Crippen LogP contribution in [0.25, 0.3) is 0 Å². The molecule has 0 spiro atoms. The van der Waals surface area contributed by atoms with Crippen molar-refractivity contribution in [1.29, 1.82) is 0 Å². The van der Waals surface area contributed by atoms with E-state index in [9.17, 15) is 44.6 Å². The standard InChI is InChI=1S/C51H87O14P/c1-3-5-7-8-9-10-11-12-13-14-15-16-17-18-19-23-26-29-33-37-44(52)61-39-41(40-62-66(59,60)65-51-49(57)47(55)46(54)48(56)50(51)58)63-45(53)38-34-30-27-24-21-20-22-25-28-32-36-43-42(64-43)35-31-6-4-2/h9-10,12-13,20,22,24,27-28,32,41-43,46-51,54-58H,3-8,11,14-19,21,23,25-26,29-31,33-40H2,1-2H3,(H,59,60)/b10-9-,13-12-,22-20-,27-24-,32-28-/t41-,42?,43?,46?,47-,48+,49-,50-,51?/m1/s1. The first-order valence-electron chi connectivity index (χ1n) is 25.2. The topological polar surface area (TPSA) is 222 Å². The highest BCUT2D eigenvalue weighted by Gasteiger charge is 2.51. The van der Waals surface area contributed by atoms with Gasteiger partial charge in [0, 0.05) is 12.8 Å². The van der Waals surface area contributed by atoms with Crippen LogP contribution >= 0.6 is 7.82 Å². The predicted octanol–water partition coefficient (Wildman–Crippen LogP) is 9.49. The number of esters is 2. The molecule has 2 fully saturated rings. The van der Waals surface area contributed by atoms with E-state index < -0.39 is 75.7 Å². The van der Waals surface area contributed by atoms with E-state index in [1.54, 1.807) is 0 Å². The highest BCUT2D eigenvalue weighted by Crippen LogP contribution is 2.47. The molecule has 1 aliphatic heterocycles. The molecule has 0 bridgehead atoms. The molecule has 1 saturated heterocycles. The van der Waals surface area contributed by atoms with Gasteiger partial charge in [-0.1, -0.05) is 152 Å². The number of ether oxygens (including phenoxy) is 3. The minimum Gasteiger partial charge on any atom is -0.462 e. The Morgan fingerprint density at radius 1 is 0.545 bits per heavy atom. The fourth-order valence-corrected chi connectivity index (χ4v) is 8.55. The molecule has 380 valence electrons. The van der Waals surface area contributed by atoms with Gasteiger partial charge in [-0.05, 0) is 77.0 Å². The summed E-state index contributed by atoms with van der Waals surface area (Å²) in [5, 5.41) is 50.2. The fraction of sp³-hybridized carbons (Fsp3) is 0.765. The van der Waals surface area contributed by atoms with E-state index in [1.807, 2.05) is 12.2 Å². The predicted molar refractivity (Wildman–Crippen MR) is 257 cm³/mol. The Morgan fingerprint density at radius 2 is 1.02 bits per heavy atom. The summed E-state index contributed by atoms with van der Waals surface area (Å²) in [5.41, 5.74) is 0. The summed E-state index contributed by atoms with van der Waals surface area (Å²) in [4.78, 5) is 35.8. The number of rotatable bonds is 40. The highest BCUT2D eigenvalue weighted by molar-refractivity contribution is 7.47.